The molecule has 2 aromatic carbocycles. The smallest absolute Gasteiger partial charge is 0.340 e. The van der Waals surface area contributed by atoms with Crippen molar-refractivity contribution in [3.8, 4) is 0 Å². The highest BCUT2D eigenvalue weighted by molar-refractivity contribution is 6.23. The van der Waals surface area contributed by atoms with Crippen molar-refractivity contribution in [2.24, 2.45) is 7.05 Å². The van der Waals surface area contributed by atoms with E-state index in [4.69, 9.17) is 0 Å². The number of ketones is 1. The lowest BCUT2D eigenvalue weighted by Gasteiger charge is -2.29. The zero-order valence-corrected chi connectivity index (χ0v) is 17.6. The zero-order chi connectivity index (χ0) is 25.4. The van der Waals surface area contributed by atoms with Gasteiger partial charge in [0.25, 0.3) is 5.56 Å². The van der Waals surface area contributed by atoms with Gasteiger partial charge < -0.3 is 5.32 Å². The van der Waals surface area contributed by atoms with Gasteiger partial charge in [-0.2, -0.15) is 26.3 Å². The molecule has 3 aromatic rings. The summed E-state index contributed by atoms with van der Waals surface area (Å²) in [7, 11) is 1.27. The van der Waals surface area contributed by atoms with E-state index in [-0.39, 0.29) is 34.3 Å². The summed E-state index contributed by atoms with van der Waals surface area (Å²) in [6.45, 7) is 0. The fourth-order valence-corrected chi connectivity index (χ4v) is 4.51. The van der Waals surface area contributed by atoms with Crippen molar-refractivity contribution in [3.05, 3.63) is 102 Å². The third kappa shape index (κ3) is 3.39. The molecule has 180 valence electrons. The van der Waals surface area contributed by atoms with E-state index in [9.17, 15) is 40.7 Å². The molecule has 0 fully saturated rings. The number of carbonyl (C=O) groups excluding carboxylic acids is 1. The average molecular weight is 493 g/mol. The Labute approximate surface area is 191 Å². The Balaban J connectivity index is 1.89. The average Bonchev–Trinajstić information content (AvgIpc) is 3.07. The number of H-pyrrole nitrogens is 1. The number of hydrogen-bond acceptors (Lipinski definition) is 4. The van der Waals surface area contributed by atoms with Crippen LogP contribution in [0.5, 0.6) is 0 Å². The normalized spacial score (nSPS) is 17.1. The van der Waals surface area contributed by atoms with E-state index in [0.29, 0.717) is 17.7 Å². The van der Waals surface area contributed by atoms with Gasteiger partial charge in [0.2, 0.25) is 0 Å². The molecule has 1 aliphatic heterocycles. The Morgan fingerprint density at radius 3 is 2.00 bits per heavy atom. The molecule has 2 aliphatic rings. The topological polar surface area (TPSA) is 84.0 Å². The fourth-order valence-electron chi connectivity index (χ4n) is 4.51. The molecule has 2 N–H and O–H groups in total. The second-order valence-corrected chi connectivity index (χ2v) is 8.14. The van der Waals surface area contributed by atoms with Gasteiger partial charge in [-0.05, 0) is 23.8 Å². The summed E-state index contributed by atoms with van der Waals surface area (Å²) in [6.07, 6.45) is -10.3. The molecule has 2 heterocycles. The minimum atomic E-state index is -5.14. The number of halogens is 6. The van der Waals surface area contributed by atoms with Crippen LogP contribution in [0.15, 0.2) is 57.6 Å². The van der Waals surface area contributed by atoms with Gasteiger partial charge in [-0.3, -0.25) is 19.1 Å². The molecular formula is C23H13F6N3O3. The van der Waals surface area contributed by atoms with Crippen molar-refractivity contribution >= 4 is 17.3 Å². The van der Waals surface area contributed by atoms with E-state index in [1.54, 1.807) is 18.2 Å². The van der Waals surface area contributed by atoms with Crippen molar-refractivity contribution in [3.63, 3.8) is 0 Å². The second kappa shape index (κ2) is 7.20. The summed E-state index contributed by atoms with van der Waals surface area (Å²) in [5.41, 5.74) is -5.56. The molecule has 0 spiro atoms. The standard InChI is InChI=1S/C23H13F6N3O3/c1-32-19-16(20(34)31-21(32)35)14(15-17(30-19)12-4-2-3-5-13(12)18(15)33)9-6-10(22(24,25)26)8-11(7-9)23(27,28)29/h2-8,14,30H,1H3,(H,31,34,35). The fraction of sp³-hybridized carbons (Fsp3) is 0.174. The molecule has 0 bridgehead atoms. The Hall–Kier alpha value is -4.09. The van der Waals surface area contributed by atoms with Crippen molar-refractivity contribution in [2.75, 3.05) is 5.32 Å². The van der Waals surface area contributed by atoms with Crippen molar-refractivity contribution in [1.29, 1.82) is 0 Å². The Morgan fingerprint density at radius 1 is 0.857 bits per heavy atom. The first kappa shape index (κ1) is 22.7. The van der Waals surface area contributed by atoms with Crippen LogP contribution < -0.4 is 16.6 Å². The molecule has 1 aromatic heterocycles. The van der Waals surface area contributed by atoms with Crippen LogP contribution in [0, 0.1) is 0 Å². The molecule has 35 heavy (non-hydrogen) atoms. The minimum absolute atomic E-state index is 0.0308. The molecule has 0 saturated carbocycles. The number of hydrogen-bond donors (Lipinski definition) is 2. The van der Waals surface area contributed by atoms with Gasteiger partial charge in [-0.15, -0.1) is 0 Å². The zero-order valence-electron chi connectivity index (χ0n) is 17.6. The number of rotatable bonds is 1. The van der Waals surface area contributed by atoms with Gasteiger partial charge in [-0.25, -0.2) is 4.79 Å². The maximum absolute atomic E-state index is 13.6. The predicted octanol–water partition coefficient (Wildman–Crippen LogP) is 4.28. The van der Waals surface area contributed by atoms with Crippen molar-refractivity contribution in [2.45, 2.75) is 18.3 Å². The first-order valence-corrected chi connectivity index (χ1v) is 10.1. The molecule has 1 unspecified atom stereocenters. The van der Waals surface area contributed by atoms with Crippen molar-refractivity contribution in [1.82, 2.24) is 9.55 Å². The quantitative estimate of drug-likeness (QED) is 0.496. The molecule has 1 atom stereocenters. The highest BCUT2D eigenvalue weighted by Gasteiger charge is 2.44. The number of fused-ring (bicyclic) bond motifs is 3. The van der Waals surface area contributed by atoms with Gasteiger partial charge in [0.1, 0.15) is 5.82 Å². The number of alkyl halides is 6. The maximum Gasteiger partial charge on any atom is 0.416 e. The summed E-state index contributed by atoms with van der Waals surface area (Å²) in [5.74, 6) is -2.41. The van der Waals surface area contributed by atoms with Gasteiger partial charge >= 0.3 is 18.0 Å². The van der Waals surface area contributed by atoms with Crippen molar-refractivity contribution < 1.29 is 31.1 Å². The number of nitrogens with one attached hydrogen (secondary N) is 2. The second-order valence-electron chi connectivity index (χ2n) is 8.14. The monoisotopic (exact) mass is 493 g/mol. The first-order chi connectivity index (χ1) is 16.3. The number of allylic oxidation sites excluding steroid dienone is 1. The number of Topliss-reactive ketones (excluding diaryl/α,β-unsaturated/α-hetero) is 1. The highest BCUT2D eigenvalue weighted by atomic mass is 19.4. The predicted molar refractivity (Wildman–Crippen MR) is 112 cm³/mol. The molecule has 0 radical (unpaired) electrons. The van der Waals surface area contributed by atoms with Gasteiger partial charge in [-0.1, -0.05) is 24.3 Å². The minimum Gasteiger partial charge on any atom is -0.340 e. The number of aromatic nitrogens is 2. The SMILES string of the molecule is Cn1c2c(c(=O)[nH]c1=O)C(c1cc(C(F)(F)F)cc(C(F)(F)F)c1)C1=C(N2)c2ccccc2C1=O. The van der Waals surface area contributed by atoms with Gasteiger partial charge in [0.05, 0.1) is 22.4 Å². The molecule has 5 rings (SSSR count). The lowest BCUT2D eigenvalue weighted by atomic mass is 9.80. The van der Waals surface area contributed by atoms with E-state index in [0.717, 1.165) is 4.57 Å². The van der Waals surface area contributed by atoms with Gasteiger partial charge in [0.15, 0.2) is 5.78 Å². The van der Waals surface area contributed by atoms with Gasteiger partial charge in [0, 0.05) is 29.7 Å². The first-order valence-electron chi connectivity index (χ1n) is 10.1. The van der Waals surface area contributed by atoms with E-state index in [1.807, 2.05) is 4.98 Å². The lowest BCUT2D eigenvalue weighted by Crippen LogP contribution is -2.37. The van der Waals surface area contributed by atoms with Crippen LogP contribution in [0.25, 0.3) is 5.70 Å². The van der Waals surface area contributed by atoms with Crippen LogP contribution in [0.3, 0.4) is 0 Å². The van der Waals surface area contributed by atoms with E-state index >= 15 is 0 Å². The third-order valence-electron chi connectivity index (χ3n) is 6.08. The summed E-state index contributed by atoms with van der Waals surface area (Å²) >= 11 is 0. The van der Waals surface area contributed by atoms with E-state index < -0.39 is 52.0 Å². The molecule has 1 aliphatic carbocycles. The van der Waals surface area contributed by atoms with Crippen LogP contribution >= 0.6 is 0 Å². The number of benzene rings is 2. The van der Waals surface area contributed by atoms with E-state index in [1.165, 1.54) is 13.1 Å². The Morgan fingerprint density at radius 2 is 1.43 bits per heavy atom. The Bertz CT molecular complexity index is 1540. The number of nitrogens with zero attached hydrogens (tertiary/aromatic N) is 1. The van der Waals surface area contributed by atoms with Crippen LogP contribution in [-0.2, 0) is 19.4 Å². The molecule has 12 heteroatoms. The van der Waals surface area contributed by atoms with Crippen LogP contribution in [-0.4, -0.2) is 15.3 Å². The molecule has 6 nitrogen and oxygen atoms in total. The lowest BCUT2D eigenvalue weighted by molar-refractivity contribution is -0.143. The molecule has 0 amide bonds. The maximum atomic E-state index is 13.6. The molecule has 0 saturated heterocycles. The number of anilines is 1. The van der Waals surface area contributed by atoms with Crippen LogP contribution in [0.1, 0.15) is 44.1 Å². The highest BCUT2D eigenvalue weighted by Crippen LogP contribution is 2.49. The summed E-state index contributed by atoms with van der Waals surface area (Å²) < 4.78 is 82.5. The Kier molecular flexibility index (Phi) is 4.67. The summed E-state index contributed by atoms with van der Waals surface area (Å²) in [5, 5.41) is 2.84. The number of carbonyl (C=O) groups is 1. The largest absolute Gasteiger partial charge is 0.416 e. The summed E-state index contributed by atoms with van der Waals surface area (Å²) in [4.78, 5) is 40.4. The van der Waals surface area contributed by atoms with E-state index in [2.05, 4.69) is 5.32 Å². The van der Waals surface area contributed by atoms with Crippen LogP contribution in [0.4, 0.5) is 32.2 Å². The van der Waals surface area contributed by atoms with Crippen LogP contribution in [0.2, 0.25) is 0 Å². The molecular weight excluding hydrogens is 480 g/mol. The summed E-state index contributed by atoms with van der Waals surface area (Å²) in [6, 6.07) is 7.08. The third-order valence-corrected chi connectivity index (χ3v) is 6.08. The number of aromatic amines is 1.